The minimum absolute atomic E-state index is 0.109. The number of non-ortho nitro benzene ring substituents is 1. The predicted octanol–water partition coefficient (Wildman–Crippen LogP) is 3.20. The third-order valence-corrected chi connectivity index (χ3v) is 4.47. The van der Waals surface area contributed by atoms with Crippen LogP contribution in [0, 0.1) is 10.1 Å². The Morgan fingerprint density at radius 3 is 2.63 bits per heavy atom. The van der Waals surface area contributed by atoms with Crippen molar-refractivity contribution in [1.29, 1.82) is 0 Å². The van der Waals surface area contributed by atoms with Crippen LogP contribution in [0.3, 0.4) is 0 Å². The number of nitro groups is 1. The van der Waals surface area contributed by atoms with Gasteiger partial charge in [-0.3, -0.25) is 19.7 Å². The van der Waals surface area contributed by atoms with E-state index in [0.29, 0.717) is 0 Å². The van der Waals surface area contributed by atoms with E-state index in [0.717, 1.165) is 18.4 Å². The molecule has 7 heteroatoms. The van der Waals surface area contributed by atoms with Crippen LogP contribution < -0.4 is 5.32 Å². The zero-order valence-electron chi connectivity index (χ0n) is 14.8. The van der Waals surface area contributed by atoms with Crippen LogP contribution >= 0.6 is 0 Å². The van der Waals surface area contributed by atoms with Crippen LogP contribution in [0.1, 0.15) is 29.5 Å². The molecule has 1 aliphatic rings. The highest BCUT2D eigenvalue weighted by Crippen LogP contribution is 2.22. The second kappa shape index (κ2) is 8.44. The maximum absolute atomic E-state index is 12.0. The van der Waals surface area contributed by atoms with Gasteiger partial charge >= 0.3 is 5.97 Å². The van der Waals surface area contributed by atoms with Crippen LogP contribution in [-0.2, 0) is 33.6 Å². The van der Waals surface area contributed by atoms with Crippen molar-refractivity contribution in [2.24, 2.45) is 0 Å². The molecule has 1 aliphatic carbocycles. The van der Waals surface area contributed by atoms with Gasteiger partial charge in [-0.15, -0.1) is 0 Å². The van der Waals surface area contributed by atoms with Crippen LogP contribution in [0.15, 0.2) is 42.5 Å². The fourth-order valence-electron chi connectivity index (χ4n) is 3.15. The summed E-state index contributed by atoms with van der Waals surface area (Å²) in [6.07, 6.45) is 4.59. The largest absolute Gasteiger partial charge is 0.455 e. The Morgan fingerprint density at radius 1 is 1.07 bits per heavy atom. The SMILES string of the molecule is O=C(COC(=O)Cc1ccc2c(c1)CCCC2)Nc1cccc([N+](=O)[O-])c1. The molecule has 0 aliphatic heterocycles. The van der Waals surface area contributed by atoms with Gasteiger partial charge in [-0.1, -0.05) is 24.3 Å². The Labute approximate surface area is 156 Å². The highest BCUT2D eigenvalue weighted by atomic mass is 16.6. The Kier molecular flexibility index (Phi) is 5.80. The molecule has 27 heavy (non-hydrogen) atoms. The molecule has 0 spiro atoms. The number of anilines is 1. The van der Waals surface area contributed by atoms with E-state index in [1.807, 2.05) is 12.1 Å². The summed E-state index contributed by atoms with van der Waals surface area (Å²) in [7, 11) is 0. The molecule has 1 amide bonds. The molecule has 0 radical (unpaired) electrons. The van der Waals surface area contributed by atoms with Gasteiger partial charge in [-0.25, -0.2) is 0 Å². The topological polar surface area (TPSA) is 98.5 Å². The first-order valence-corrected chi connectivity index (χ1v) is 8.82. The number of nitrogens with one attached hydrogen (secondary N) is 1. The Hall–Kier alpha value is -3.22. The molecule has 0 saturated carbocycles. The Bertz CT molecular complexity index is 878. The van der Waals surface area contributed by atoms with Crippen molar-refractivity contribution >= 4 is 23.3 Å². The number of amides is 1. The molecule has 3 rings (SSSR count). The molecule has 0 atom stereocenters. The minimum atomic E-state index is -0.547. The molecule has 0 heterocycles. The molecular formula is C20H20N2O5. The van der Waals surface area contributed by atoms with Gasteiger partial charge in [0.25, 0.3) is 11.6 Å². The summed E-state index contributed by atoms with van der Waals surface area (Å²) in [4.78, 5) is 34.1. The van der Waals surface area contributed by atoms with Gasteiger partial charge in [0, 0.05) is 17.8 Å². The number of carbonyl (C=O) groups is 2. The third kappa shape index (κ3) is 5.13. The fourth-order valence-corrected chi connectivity index (χ4v) is 3.15. The van der Waals surface area contributed by atoms with E-state index < -0.39 is 23.4 Å². The normalized spacial score (nSPS) is 12.7. The van der Waals surface area contributed by atoms with Gasteiger partial charge in [-0.2, -0.15) is 0 Å². The van der Waals surface area contributed by atoms with Gasteiger partial charge in [-0.05, 0) is 48.4 Å². The van der Waals surface area contributed by atoms with Gasteiger partial charge in [0.05, 0.1) is 11.3 Å². The van der Waals surface area contributed by atoms with E-state index in [1.54, 1.807) is 0 Å². The average molecular weight is 368 g/mol. The number of rotatable bonds is 6. The van der Waals surface area contributed by atoms with E-state index in [-0.39, 0.29) is 17.8 Å². The van der Waals surface area contributed by atoms with Gasteiger partial charge in [0.2, 0.25) is 0 Å². The van der Waals surface area contributed by atoms with Gasteiger partial charge in [0.1, 0.15) is 0 Å². The zero-order chi connectivity index (χ0) is 19.2. The van der Waals surface area contributed by atoms with Crippen LogP contribution in [0.25, 0.3) is 0 Å². The molecule has 0 saturated heterocycles. The van der Waals surface area contributed by atoms with E-state index in [2.05, 4.69) is 11.4 Å². The van der Waals surface area contributed by atoms with Crippen molar-refractivity contribution in [2.45, 2.75) is 32.1 Å². The summed E-state index contributed by atoms with van der Waals surface area (Å²) in [6, 6.07) is 11.6. The second-order valence-electron chi connectivity index (χ2n) is 6.50. The molecule has 0 fully saturated rings. The van der Waals surface area contributed by atoms with Crippen molar-refractivity contribution in [2.75, 3.05) is 11.9 Å². The van der Waals surface area contributed by atoms with Crippen LogP contribution in [0.4, 0.5) is 11.4 Å². The fraction of sp³-hybridized carbons (Fsp3) is 0.300. The summed E-state index contributed by atoms with van der Waals surface area (Å²) < 4.78 is 5.02. The summed E-state index contributed by atoms with van der Waals surface area (Å²) >= 11 is 0. The number of ether oxygens (including phenoxy) is 1. The first-order chi connectivity index (χ1) is 13.0. The first kappa shape index (κ1) is 18.6. The van der Waals surface area contributed by atoms with Crippen LogP contribution in [0.2, 0.25) is 0 Å². The van der Waals surface area contributed by atoms with Crippen LogP contribution in [-0.4, -0.2) is 23.4 Å². The lowest BCUT2D eigenvalue weighted by molar-refractivity contribution is -0.384. The highest BCUT2D eigenvalue weighted by Gasteiger charge is 2.13. The zero-order valence-corrected chi connectivity index (χ0v) is 14.8. The monoisotopic (exact) mass is 368 g/mol. The maximum atomic E-state index is 12.0. The number of aryl methyl sites for hydroxylation is 2. The number of nitro benzene ring substituents is 1. The van der Waals surface area contributed by atoms with E-state index in [9.17, 15) is 19.7 Å². The lowest BCUT2D eigenvalue weighted by atomic mass is 9.90. The molecule has 0 bridgehead atoms. The molecule has 140 valence electrons. The number of nitrogens with zero attached hydrogens (tertiary/aromatic N) is 1. The molecular weight excluding hydrogens is 348 g/mol. The number of carbonyl (C=O) groups excluding carboxylic acids is 2. The summed E-state index contributed by atoms with van der Waals surface area (Å²) in [5, 5.41) is 13.2. The minimum Gasteiger partial charge on any atom is -0.455 e. The van der Waals surface area contributed by atoms with Crippen molar-refractivity contribution < 1.29 is 19.2 Å². The Morgan fingerprint density at radius 2 is 1.85 bits per heavy atom. The van der Waals surface area contributed by atoms with Crippen molar-refractivity contribution in [3.8, 4) is 0 Å². The molecule has 1 N–H and O–H groups in total. The lowest BCUT2D eigenvalue weighted by Gasteiger charge is -2.16. The number of fused-ring (bicyclic) bond motifs is 1. The predicted molar refractivity (Wildman–Crippen MR) is 99.5 cm³/mol. The number of hydrogen-bond donors (Lipinski definition) is 1. The number of esters is 1. The van der Waals surface area contributed by atoms with Gasteiger partial charge in [0.15, 0.2) is 6.61 Å². The molecule has 7 nitrogen and oxygen atoms in total. The number of hydrogen-bond acceptors (Lipinski definition) is 5. The number of benzene rings is 2. The standard InChI is InChI=1S/C20H20N2O5/c23-19(21-17-6-3-7-18(12-17)22(25)26)13-27-20(24)11-14-8-9-15-4-1-2-5-16(15)10-14/h3,6-10,12H,1-2,4-5,11,13H2,(H,21,23). The quantitative estimate of drug-likeness (QED) is 0.480. The smallest absolute Gasteiger partial charge is 0.310 e. The van der Waals surface area contributed by atoms with E-state index >= 15 is 0 Å². The van der Waals surface area contributed by atoms with Gasteiger partial charge < -0.3 is 10.1 Å². The van der Waals surface area contributed by atoms with Crippen molar-refractivity contribution in [1.82, 2.24) is 0 Å². The molecule has 0 unspecified atom stereocenters. The van der Waals surface area contributed by atoms with Crippen molar-refractivity contribution in [3.05, 3.63) is 69.3 Å². The van der Waals surface area contributed by atoms with Crippen molar-refractivity contribution in [3.63, 3.8) is 0 Å². The maximum Gasteiger partial charge on any atom is 0.310 e. The van der Waals surface area contributed by atoms with E-state index in [4.69, 9.17) is 4.74 Å². The second-order valence-corrected chi connectivity index (χ2v) is 6.50. The molecule has 2 aromatic rings. The lowest BCUT2D eigenvalue weighted by Crippen LogP contribution is -2.21. The average Bonchev–Trinajstić information content (AvgIpc) is 2.66. The summed E-state index contributed by atoms with van der Waals surface area (Å²) in [5.41, 5.74) is 3.65. The summed E-state index contributed by atoms with van der Waals surface area (Å²) in [5.74, 6) is -1.03. The third-order valence-electron chi connectivity index (χ3n) is 4.47. The highest BCUT2D eigenvalue weighted by molar-refractivity contribution is 5.93. The molecule has 0 aromatic heterocycles. The van der Waals surface area contributed by atoms with Crippen LogP contribution in [0.5, 0.6) is 0 Å². The molecule has 2 aromatic carbocycles. The first-order valence-electron chi connectivity index (χ1n) is 8.82. The van der Waals surface area contributed by atoms with E-state index in [1.165, 1.54) is 48.2 Å². The summed E-state index contributed by atoms with van der Waals surface area (Å²) in [6.45, 7) is -0.438. The Balaban J connectivity index is 1.49.